The molecule has 104 valence electrons. The van der Waals surface area contributed by atoms with Gasteiger partial charge in [-0.3, -0.25) is 4.79 Å². The van der Waals surface area contributed by atoms with Gasteiger partial charge in [0.1, 0.15) is 12.0 Å². The van der Waals surface area contributed by atoms with Gasteiger partial charge in [-0.25, -0.2) is 9.97 Å². The van der Waals surface area contributed by atoms with Gasteiger partial charge in [-0.2, -0.15) is 0 Å². The minimum Gasteiger partial charge on any atom is -0.399 e. The van der Waals surface area contributed by atoms with Crippen LogP contribution < -0.4 is 11.1 Å². The first-order valence-electron chi connectivity index (χ1n) is 5.86. The van der Waals surface area contributed by atoms with Crippen molar-refractivity contribution in [3.05, 3.63) is 46.5 Å². The monoisotopic (exact) mass is 310 g/mol. The number of aromatic nitrogens is 2. The van der Waals surface area contributed by atoms with E-state index in [9.17, 15) is 4.79 Å². The molecule has 2 rings (SSSR count). The summed E-state index contributed by atoms with van der Waals surface area (Å²) in [5.41, 5.74) is 7.57. The fourth-order valence-electron chi connectivity index (χ4n) is 1.66. The van der Waals surface area contributed by atoms with Crippen LogP contribution in [-0.4, -0.2) is 15.9 Å². The first-order valence-corrected chi connectivity index (χ1v) is 6.62. The Labute approximate surface area is 126 Å². The van der Waals surface area contributed by atoms with E-state index in [0.29, 0.717) is 12.1 Å². The first-order chi connectivity index (χ1) is 9.56. The smallest absolute Gasteiger partial charge is 0.224 e. The first kappa shape index (κ1) is 14.6. The summed E-state index contributed by atoms with van der Waals surface area (Å²) in [6.07, 6.45) is 2.08. The van der Waals surface area contributed by atoms with E-state index in [0.717, 1.165) is 5.56 Å². The van der Waals surface area contributed by atoms with Crippen LogP contribution >= 0.6 is 23.2 Å². The van der Waals surface area contributed by atoms with Crippen molar-refractivity contribution in [3.8, 4) is 0 Å². The van der Waals surface area contributed by atoms with Gasteiger partial charge in [0.2, 0.25) is 5.91 Å². The number of carbonyl (C=O) groups is 1. The van der Waals surface area contributed by atoms with Crippen LogP contribution in [0.5, 0.6) is 0 Å². The Kier molecular flexibility index (Phi) is 4.76. The van der Waals surface area contributed by atoms with Gasteiger partial charge in [-0.1, -0.05) is 35.3 Å². The van der Waals surface area contributed by atoms with Gasteiger partial charge in [0, 0.05) is 12.1 Å². The molecule has 0 unspecified atom stereocenters. The molecule has 3 N–H and O–H groups in total. The maximum atomic E-state index is 11.9. The van der Waals surface area contributed by atoms with Crippen LogP contribution in [0, 0.1) is 0 Å². The number of rotatable bonds is 4. The van der Waals surface area contributed by atoms with Gasteiger partial charge >= 0.3 is 0 Å². The average Bonchev–Trinajstić information content (AvgIpc) is 2.41. The summed E-state index contributed by atoms with van der Waals surface area (Å²) in [6, 6.07) is 7.39. The molecule has 1 amide bonds. The van der Waals surface area contributed by atoms with E-state index in [2.05, 4.69) is 15.3 Å². The molecule has 5 nitrogen and oxygen atoms in total. The topological polar surface area (TPSA) is 80.9 Å². The van der Waals surface area contributed by atoms with Crippen LogP contribution in [0.25, 0.3) is 0 Å². The van der Waals surface area contributed by atoms with E-state index < -0.39 is 0 Å². The van der Waals surface area contributed by atoms with E-state index >= 15 is 0 Å². The zero-order valence-electron chi connectivity index (χ0n) is 10.4. The van der Waals surface area contributed by atoms with Crippen LogP contribution in [0.4, 0.5) is 11.4 Å². The molecule has 0 aliphatic rings. The van der Waals surface area contributed by atoms with Crippen LogP contribution in [0.3, 0.4) is 0 Å². The van der Waals surface area contributed by atoms with Crippen molar-refractivity contribution in [1.82, 2.24) is 9.97 Å². The number of nitrogens with one attached hydrogen (secondary N) is 1. The number of hydrogen-bond acceptors (Lipinski definition) is 4. The molecule has 20 heavy (non-hydrogen) atoms. The molecule has 0 saturated carbocycles. The third-order valence-corrected chi connectivity index (χ3v) is 3.18. The number of hydrogen-bond donors (Lipinski definition) is 2. The minimum atomic E-state index is -0.217. The lowest BCUT2D eigenvalue weighted by atomic mass is 10.1. The summed E-state index contributed by atoms with van der Waals surface area (Å²) >= 11 is 11.7. The largest absolute Gasteiger partial charge is 0.399 e. The second-order valence-electron chi connectivity index (χ2n) is 4.12. The number of anilines is 2. The van der Waals surface area contributed by atoms with Gasteiger partial charge in [-0.05, 0) is 24.1 Å². The molecule has 0 fully saturated rings. The molecule has 0 aliphatic carbocycles. The van der Waals surface area contributed by atoms with Crippen LogP contribution in [0.2, 0.25) is 10.3 Å². The van der Waals surface area contributed by atoms with Gasteiger partial charge in [-0.15, -0.1) is 0 Å². The summed E-state index contributed by atoms with van der Waals surface area (Å²) < 4.78 is 0. The Morgan fingerprint density at radius 3 is 2.60 bits per heavy atom. The lowest BCUT2D eigenvalue weighted by Gasteiger charge is -2.07. The Balaban J connectivity index is 1.96. The van der Waals surface area contributed by atoms with Crippen LogP contribution in [-0.2, 0) is 11.2 Å². The summed E-state index contributed by atoms with van der Waals surface area (Å²) in [4.78, 5) is 19.4. The molecular weight excluding hydrogens is 299 g/mol. The molecule has 0 saturated heterocycles. The normalized spacial score (nSPS) is 10.3. The quantitative estimate of drug-likeness (QED) is 0.672. The Bertz CT molecular complexity index is 613. The van der Waals surface area contributed by atoms with E-state index in [1.54, 1.807) is 6.07 Å². The zero-order valence-corrected chi connectivity index (χ0v) is 11.9. The Hall–Kier alpha value is -1.85. The lowest BCUT2D eigenvalue weighted by Crippen LogP contribution is -2.13. The minimum absolute atomic E-state index is 0.113. The molecule has 0 aliphatic heterocycles. The molecular formula is C13H12Cl2N4O. The number of nitrogens with zero attached hydrogens (tertiary/aromatic N) is 2. The molecule has 1 aromatic carbocycles. The van der Waals surface area contributed by atoms with Crippen molar-refractivity contribution in [2.45, 2.75) is 12.8 Å². The third-order valence-electron chi connectivity index (χ3n) is 2.61. The highest BCUT2D eigenvalue weighted by atomic mass is 35.5. The number of carbonyl (C=O) groups excluding carboxylic acids is 1. The van der Waals surface area contributed by atoms with Gasteiger partial charge < -0.3 is 11.1 Å². The molecule has 0 bridgehead atoms. The maximum Gasteiger partial charge on any atom is 0.224 e. The van der Waals surface area contributed by atoms with E-state index in [-0.39, 0.29) is 28.3 Å². The predicted octanol–water partition coefficient (Wildman–Crippen LogP) is 2.94. The Morgan fingerprint density at radius 1 is 1.25 bits per heavy atom. The zero-order chi connectivity index (χ0) is 14.5. The summed E-state index contributed by atoms with van der Waals surface area (Å²) in [7, 11) is 0. The van der Waals surface area contributed by atoms with Crippen molar-refractivity contribution in [2.24, 2.45) is 0 Å². The number of benzene rings is 1. The molecule has 0 atom stereocenters. The fraction of sp³-hybridized carbons (Fsp3) is 0.154. The number of nitrogen functional groups attached to an aromatic ring is 1. The molecule has 0 radical (unpaired) electrons. The van der Waals surface area contributed by atoms with E-state index in [4.69, 9.17) is 28.9 Å². The molecule has 7 heteroatoms. The van der Waals surface area contributed by atoms with Crippen molar-refractivity contribution in [3.63, 3.8) is 0 Å². The number of amides is 1. The highest BCUT2D eigenvalue weighted by Crippen LogP contribution is 2.25. The predicted molar refractivity (Wildman–Crippen MR) is 79.9 cm³/mol. The fourth-order valence-corrected chi connectivity index (χ4v) is 2.07. The van der Waals surface area contributed by atoms with E-state index in [1.807, 2.05) is 18.2 Å². The van der Waals surface area contributed by atoms with Crippen molar-refractivity contribution in [1.29, 1.82) is 0 Å². The van der Waals surface area contributed by atoms with Gasteiger partial charge in [0.05, 0.1) is 0 Å². The number of halogens is 2. The Morgan fingerprint density at radius 2 is 1.95 bits per heavy atom. The highest BCUT2D eigenvalue weighted by Gasteiger charge is 2.11. The number of aryl methyl sites for hydroxylation is 1. The van der Waals surface area contributed by atoms with Gasteiger partial charge in [0.25, 0.3) is 0 Å². The van der Waals surface area contributed by atoms with Crippen molar-refractivity contribution >= 4 is 40.5 Å². The van der Waals surface area contributed by atoms with Crippen LogP contribution in [0.1, 0.15) is 12.0 Å². The summed E-state index contributed by atoms with van der Waals surface area (Å²) in [5, 5.41) is 2.83. The number of nitrogens with two attached hydrogens (primary N) is 1. The van der Waals surface area contributed by atoms with Crippen molar-refractivity contribution in [2.75, 3.05) is 11.1 Å². The summed E-state index contributed by atoms with van der Waals surface area (Å²) in [6.45, 7) is 0. The highest BCUT2D eigenvalue weighted by molar-refractivity contribution is 6.38. The second kappa shape index (κ2) is 6.54. The van der Waals surface area contributed by atoms with Gasteiger partial charge in [0.15, 0.2) is 10.3 Å². The SMILES string of the molecule is Nc1cccc(CCC(=O)Nc2c(Cl)ncnc2Cl)c1. The summed E-state index contributed by atoms with van der Waals surface area (Å²) in [5.74, 6) is -0.217. The molecule has 1 aromatic heterocycles. The third kappa shape index (κ3) is 3.82. The van der Waals surface area contributed by atoms with Crippen LogP contribution in [0.15, 0.2) is 30.6 Å². The maximum absolute atomic E-state index is 11.9. The van der Waals surface area contributed by atoms with E-state index in [1.165, 1.54) is 6.33 Å². The van der Waals surface area contributed by atoms with Crippen molar-refractivity contribution < 1.29 is 4.79 Å². The average molecular weight is 311 g/mol. The molecule has 2 aromatic rings. The lowest BCUT2D eigenvalue weighted by molar-refractivity contribution is -0.116. The molecule has 0 spiro atoms. The second-order valence-corrected chi connectivity index (χ2v) is 4.84. The standard InChI is InChI=1S/C13H12Cl2N4O/c14-12-11(13(15)18-7-17-12)19-10(20)5-4-8-2-1-3-9(16)6-8/h1-3,6-7H,4-5,16H2,(H,19,20). The molecule has 1 heterocycles.